The van der Waals surface area contributed by atoms with Crippen LogP contribution in [0.15, 0.2) is 33.5 Å². The number of esters is 1. The zero-order valence-corrected chi connectivity index (χ0v) is 17.7. The van der Waals surface area contributed by atoms with Gasteiger partial charge in [-0.2, -0.15) is 0 Å². The van der Waals surface area contributed by atoms with Crippen molar-refractivity contribution in [2.45, 2.75) is 45.4 Å². The predicted octanol–water partition coefficient (Wildman–Crippen LogP) is 3.40. The number of aromatic nitrogens is 2. The van der Waals surface area contributed by atoms with Gasteiger partial charge in [-0.1, -0.05) is 29.8 Å². The SMILES string of the molecule is CCc1c2c(nc3ccc(Br)cc13)-c1cc3c(c(=O)n1C2)COC(=O)C3(O)CC. The van der Waals surface area contributed by atoms with Gasteiger partial charge in [-0.3, -0.25) is 4.79 Å². The molecule has 2 aliphatic heterocycles. The number of pyridine rings is 2. The number of fused-ring (bicyclic) bond motifs is 5. The van der Waals surface area contributed by atoms with E-state index >= 15 is 0 Å². The van der Waals surface area contributed by atoms with Crippen molar-refractivity contribution in [2.75, 3.05) is 0 Å². The summed E-state index contributed by atoms with van der Waals surface area (Å²) in [4.78, 5) is 30.4. The number of carbonyl (C=O) groups is 1. The number of carbonyl (C=O) groups excluding carboxylic acids is 1. The molecule has 1 unspecified atom stereocenters. The molecule has 5 rings (SSSR count). The Morgan fingerprint density at radius 2 is 2.03 bits per heavy atom. The molecule has 0 spiro atoms. The Morgan fingerprint density at radius 3 is 2.76 bits per heavy atom. The molecule has 0 saturated carbocycles. The molecule has 6 nitrogen and oxygen atoms in total. The van der Waals surface area contributed by atoms with Crippen LogP contribution in [0.1, 0.15) is 42.5 Å². The van der Waals surface area contributed by atoms with E-state index in [0.717, 1.165) is 38.6 Å². The number of ether oxygens (including phenoxy) is 1. The highest BCUT2D eigenvalue weighted by Crippen LogP contribution is 2.40. The topological polar surface area (TPSA) is 81.4 Å². The smallest absolute Gasteiger partial charge is 0.343 e. The van der Waals surface area contributed by atoms with Crippen LogP contribution in [0.5, 0.6) is 0 Å². The lowest BCUT2D eigenvalue weighted by atomic mass is 9.86. The molecule has 0 aliphatic carbocycles. The van der Waals surface area contributed by atoms with Gasteiger partial charge in [0.1, 0.15) is 6.61 Å². The molecule has 1 N–H and O–H groups in total. The summed E-state index contributed by atoms with van der Waals surface area (Å²) in [7, 11) is 0. The molecule has 7 heteroatoms. The summed E-state index contributed by atoms with van der Waals surface area (Å²) in [6.45, 7) is 4.10. The average Bonchev–Trinajstić information content (AvgIpc) is 3.08. The molecular formula is C22H19BrN2O4. The Labute approximate surface area is 175 Å². The summed E-state index contributed by atoms with van der Waals surface area (Å²) in [5.74, 6) is -0.708. The normalized spacial score (nSPS) is 19.7. The number of benzene rings is 1. The van der Waals surface area contributed by atoms with E-state index in [-0.39, 0.29) is 18.6 Å². The number of aryl methyl sites for hydroxylation is 1. The van der Waals surface area contributed by atoms with Gasteiger partial charge in [-0.05, 0) is 42.7 Å². The molecule has 1 atom stereocenters. The van der Waals surface area contributed by atoms with Gasteiger partial charge < -0.3 is 14.4 Å². The molecule has 29 heavy (non-hydrogen) atoms. The first-order valence-electron chi connectivity index (χ1n) is 9.67. The van der Waals surface area contributed by atoms with Crippen molar-refractivity contribution >= 4 is 32.8 Å². The van der Waals surface area contributed by atoms with E-state index in [1.54, 1.807) is 17.6 Å². The predicted molar refractivity (Wildman–Crippen MR) is 112 cm³/mol. The van der Waals surface area contributed by atoms with E-state index in [4.69, 9.17) is 9.72 Å². The number of cyclic esters (lactones) is 1. The third-order valence-corrected chi connectivity index (χ3v) is 6.61. The van der Waals surface area contributed by atoms with Gasteiger partial charge in [0.2, 0.25) is 0 Å². The van der Waals surface area contributed by atoms with Crippen LogP contribution >= 0.6 is 15.9 Å². The Hall–Kier alpha value is -2.51. The largest absolute Gasteiger partial charge is 0.458 e. The van der Waals surface area contributed by atoms with Gasteiger partial charge in [0.05, 0.1) is 29.0 Å². The van der Waals surface area contributed by atoms with Crippen molar-refractivity contribution in [3.8, 4) is 11.4 Å². The molecule has 4 heterocycles. The van der Waals surface area contributed by atoms with Crippen LogP contribution in [-0.4, -0.2) is 20.6 Å². The molecular weight excluding hydrogens is 436 g/mol. The maximum absolute atomic E-state index is 13.3. The number of rotatable bonds is 2. The molecule has 0 fully saturated rings. The number of hydrogen-bond acceptors (Lipinski definition) is 5. The first kappa shape index (κ1) is 18.5. The minimum atomic E-state index is -1.81. The summed E-state index contributed by atoms with van der Waals surface area (Å²) in [6, 6.07) is 7.71. The fraction of sp³-hybridized carbons (Fsp3) is 0.318. The zero-order chi connectivity index (χ0) is 20.5. The molecule has 2 aliphatic rings. The van der Waals surface area contributed by atoms with Gasteiger partial charge in [0.25, 0.3) is 5.56 Å². The summed E-state index contributed by atoms with van der Waals surface area (Å²) in [5.41, 5.74) is 3.07. The molecule has 0 saturated heterocycles. The third-order valence-electron chi connectivity index (χ3n) is 6.12. The van der Waals surface area contributed by atoms with Gasteiger partial charge in [0, 0.05) is 21.0 Å². The van der Waals surface area contributed by atoms with Crippen molar-refractivity contribution in [3.05, 3.63) is 61.3 Å². The molecule has 148 valence electrons. The van der Waals surface area contributed by atoms with E-state index in [1.807, 2.05) is 12.1 Å². The molecule has 0 amide bonds. The number of hydrogen-bond donors (Lipinski definition) is 1. The monoisotopic (exact) mass is 454 g/mol. The van der Waals surface area contributed by atoms with Crippen LogP contribution in [0.3, 0.4) is 0 Å². The minimum absolute atomic E-state index is 0.116. The van der Waals surface area contributed by atoms with E-state index in [1.165, 1.54) is 0 Å². The molecule has 2 aromatic heterocycles. The Kier molecular flexibility index (Phi) is 3.98. The molecule has 3 aromatic rings. The second-order valence-electron chi connectivity index (χ2n) is 7.54. The van der Waals surface area contributed by atoms with Crippen LogP contribution in [0.25, 0.3) is 22.3 Å². The average molecular weight is 455 g/mol. The first-order chi connectivity index (χ1) is 13.9. The molecule has 0 bridgehead atoms. The van der Waals surface area contributed by atoms with Gasteiger partial charge in [0.15, 0.2) is 5.60 Å². The first-order valence-corrected chi connectivity index (χ1v) is 10.5. The van der Waals surface area contributed by atoms with Crippen molar-refractivity contribution in [1.82, 2.24) is 9.55 Å². The van der Waals surface area contributed by atoms with E-state index in [0.29, 0.717) is 23.4 Å². The summed E-state index contributed by atoms with van der Waals surface area (Å²) in [6.07, 6.45) is 0.939. The lowest BCUT2D eigenvalue weighted by molar-refractivity contribution is -0.172. The van der Waals surface area contributed by atoms with Crippen LogP contribution in [0.4, 0.5) is 0 Å². The lowest BCUT2D eigenvalue weighted by Crippen LogP contribution is -2.44. The minimum Gasteiger partial charge on any atom is -0.458 e. The maximum Gasteiger partial charge on any atom is 0.343 e. The van der Waals surface area contributed by atoms with Crippen LogP contribution < -0.4 is 5.56 Å². The van der Waals surface area contributed by atoms with Crippen molar-refractivity contribution in [3.63, 3.8) is 0 Å². The highest BCUT2D eigenvalue weighted by atomic mass is 79.9. The third kappa shape index (κ3) is 2.40. The second-order valence-corrected chi connectivity index (χ2v) is 8.45. The maximum atomic E-state index is 13.3. The number of halogens is 1. The Morgan fingerprint density at radius 1 is 1.24 bits per heavy atom. The fourth-order valence-corrected chi connectivity index (χ4v) is 4.90. The van der Waals surface area contributed by atoms with Crippen molar-refractivity contribution in [2.24, 2.45) is 0 Å². The standard InChI is InChI=1S/C22H19BrN2O4/c1-3-12-13-7-11(23)5-6-17(13)24-19-14(12)9-25-18(19)8-16-15(20(25)26)10-29-21(27)22(16,28)4-2/h5-8,28H,3-4,9-10H2,1-2H3. The Balaban J connectivity index is 1.84. The summed E-state index contributed by atoms with van der Waals surface area (Å²) >= 11 is 3.53. The fourth-order valence-electron chi connectivity index (χ4n) is 4.54. The highest BCUT2D eigenvalue weighted by Gasteiger charge is 2.45. The number of nitrogens with zero attached hydrogens (tertiary/aromatic N) is 2. The van der Waals surface area contributed by atoms with Gasteiger partial charge >= 0.3 is 5.97 Å². The summed E-state index contributed by atoms with van der Waals surface area (Å²) < 4.78 is 7.79. The van der Waals surface area contributed by atoms with E-state index < -0.39 is 11.6 Å². The highest BCUT2D eigenvalue weighted by molar-refractivity contribution is 9.10. The quantitative estimate of drug-likeness (QED) is 0.469. The van der Waals surface area contributed by atoms with Crippen LogP contribution in [0.2, 0.25) is 0 Å². The van der Waals surface area contributed by atoms with E-state index in [2.05, 4.69) is 28.9 Å². The Bertz CT molecular complexity index is 1280. The molecule has 0 radical (unpaired) electrons. The summed E-state index contributed by atoms with van der Waals surface area (Å²) in [5, 5.41) is 12.0. The lowest BCUT2D eigenvalue weighted by Gasteiger charge is -2.31. The number of aliphatic hydroxyl groups is 1. The second kappa shape index (κ2) is 6.24. The van der Waals surface area contributed by atoms with Crippen molar-refractivity contribution in [1.29, 1.82) is 0 Å². The van der Waals surface area contributed by atoms with Crippen LogP contribution in [-0.2, 0) is 34.7 Å². The van der Waals surface area contributed by atoms with Crippen LogP contribution in [0, 0.1) is 0 Å². The van der Waals surface area contributed by atoms with Gasteiger partial charge in [-0.15, -0.1) is 0 Å². The molecule has 1 aromatic carbocycles. The van der Waals surface area contributed by atoms with Crippen molar-refractivity contribution < 1.29 is 14.6 Å². The zero-order valence-electron chi connectivity index (χ0n) is 16.1. The van der Waals surface area contributed by atoms with E-state index in [9.17, 15) is 14.7 Å². The van der Waals surface area contributed by atoms with Gasteiger partial charge in [-0.25, -0.2) is 9.78 Å².